The Hall–Kier alpha value is -9.94. The van der Waals surface area contributed by atoms with Crippen LogP contribution in [0.25, 0.3) is 110 Å². The molecule has 0 spiro atoms. The maximum atomic E-state index is 2.51. The molecule has 0 radical (unpaired) electrons. The van der Waals surface area contributed by atoms with Crippen molar-refractivity contribution in [3.63, 3.8) is 0 Å². The number of benzene rings is 12. The number of aromatic nitrogens is 4. The van der Waals surface area contributed by atoms with Gasteiger partial charge in [-0.2, -0.15) is 0 Å². The Morgan fingerprint density at radius 3 is 0.882 bits per heavy atom. The number of para-hydroxylation sites is 4. The second-order valence-corrected chi connectivity index (χ2v) is 29.2. The third-order valence-electron chi connectivity index (χ3n) is 18.4. The van der Waals surface area contributed by atoms with Gasteiger partial charge in [-0.05, 0) is 140 Å². The van der Waals surface area contributed by atoms with Crippen molar-refractivity contribution >= 4 is 116 Å². The Morgan fingerprint density at radius 2 is 0.506 bits per heavy atom. The van der Waals surface area contributed by atoms with Gasteiger partial charge in [0.2, 0.25) is 0 Å². The molecule has 0 fully saturated rings. The summed E-state index contributed by atoms with van der Waals surface area (Å²) in [5, 5.41) is 15.3. The van der Waals surface area contributed by atoms with E-state index >= 15 is 0 Å². The predicted molar refractivity (Wildman–Crippen MR) is 365 cm³/mol. The summed E-state index contributed by atoms with van der Waals surface area (Å²) >= 11 is 0. The molecule has 5 heteroatoms. The Morgan fingerprint density at radius 1 is 0.212 bits per heavy atom. The van der Waals surface area contributed by atoms with Crippen molar-refractivity contribution in [3.05, 3.63) is 290 Å². The highest BCUT2D eigenvalue weighted by atomic mass is 28.3. The molecule has 0 saturated heterocycles. The number of fused-ring (bicyclic) bond motifs is 12. The Balaban J connectivity index is 0.887. The number of hydrogen-bond donors (Lipinski definition) is 0. The largest absolute Gasteiger partial charge is 0.309 e. The summed E-state index contributed by atoms with van der Waals surface area (Å²) in [7, 11) is -3.12. The summed E-state index contributed by atoms with van der Waals surface area (Å²) in [4.78, 5) is 0. The quantitative estimate of drug-likeness (QED) is 0.107. The van der Waals surface area contributed by atoms with Crippen molar-refractivity contribution in [2.45, 2.75) is 52.4 Å². The third kappa shape index (κ3) is 7.80. The molecule has 0 saturated carbocycles. The van der Waals surface area contributed by atoms with E-state index < -0.39 is 8.07 Å². The molecule has 4 heterocycles. The second-order valence-electron chi connectivity index (χ2n) is 25.4. The van der Waals surface area contributed by atoms with E-state index in [9.17, 15) is 0 Å². The number of nitrogens with zero attached hydrogens (tertiary/aromatic N) is 4. The van der Waals surface area contributed by atoms with E-state index in [0.29, 0.717) is 0 Å². The molecule has 0 aliphatic rings. The van der Waals surface area contributed by atoms with Gasteiger partial charge in [-0.15, -0.1) is 0 Å². The summed E-state index contributed by atoms with van der Waals surface area (Å²) < 4.78 is 9.96. The molecule has 0 amide bonds. The van der Waals surface area contributed by atoms with E-state index in [1.165, 1.54) is 119 Å². The molecular formula is C80H64N4Si. The Bertz CT molecular complexity index is 4990. The molecular weight excluding hydrogens is 1040 g/mol. The predicted octanol–water partition coefficient (Wildman–Crippen LogP) is 18.0. The first-order valence-corrected chi connectivity index (χ1v) is 31.9. The van der Waals surface area contributed by atoms with Crippen LogP contribution in [0.15, 0.2) is 279 Å². The molecule has 16 aromatic rings. The van der Waals surface area contributed by atoms with Gasteiger partial charge in [-0.1, -0.05) is 224 Å². The van der Waals surface area contributed by atoms with Crippen molar-refractivity contribution in [2.75, 3.05) is 0 Å². The molecule has 0 N–H and O–H groups in total. The highest BCUT2D eigenvalue weighted by Crippen LogP contribution is 2.41. The zero-order valence-corrected chi connectivity index (χ0v) is 49.8. The van der Waals surface area contributed by atoms with Gasteiger partial charge < -0.3 is 18.3 Å². The molecule has 4 aromatic heterocycles. The molecule has 0 bridgehead atoms. The first-order chi connectivity index (χ1) is 41.4. The minimum absolute atomic E-state index is 0.0110. The van der Waals surface area contributed by atoms with Gasteiger partial charge in [0.1, 0.15) is 0 Å². The maximum Gasteiger partial charge on any atom is 0.179 e. The van der Waals surface area contributed by atoms with Crippen LogP contribution in [0.4, 0.5) is 0 Å². The zero-order valence-electron chi connectivity index (χ0n) is 48.8. The average molecular weight is 1110 g/mol. The molecule has 408 valence electrons. The summed E-state index contributed by atoms with van der Waals surface area (Å²) in [6, 6.07) is 106. The fourth-order valence-corrected chi connectivity index (χ4v) is 19.1. The number of rotatable bonds is 8. The van der Waals surface area contributed by atoms with E-state index in [0.717, 1.165) is 22.7 Å². The summed E-state index contributed by atoms with van der Waals surface area (Å²) in [6.07, 6.45) is 0. The minimum Gasteiger partial charge on any atom is -0.309 e. The van der Waals surface area contributed by atoms with Crippen LogP contribution >= 0.6 is 0 Å². The van der Waals surface area contributed by atoms with Crippen LogP contribution in [0.1, 0.15) is 52.7 Å². The smallest absolute Gasteiger partial charge is 0.179 e. The van der Waals surface area contributed by atoms with Gasteiger partial charge in [0.15, 0.2) is 8.07 Å². The van der Waals surface area contributed by atoms with E-state index in [4.69, 9.17) is 0 Å². The van der Waals surface area contributed by atoms with E-state index in [1.807, 2.05) is 0 Å². The highest BCUT2D eigenvalue weighted by Gasteiger charge is 2.42. The monoisotopic (exact) mass is 1110 g/mol. The lowest BCUT2D eigenvalue weighted by Gasteiger charge is -2.35. The van der Waals surface area contributed by atoms with Crippen LogP contribution in [0.3, 0.4) is 0 Å². The molecule has 4 nitrogen and oxygen atoms in total. The fraction of sp³-hybridized carbons (Fsp3) is 0.100. The van der Waals surface area contributed by atoms with E-state index in [-0.39, 0.29) is 10.8 Å². The van der Waals surface area contributed by atoms with Crippen LogP contribution in [0.5, 0.6) is 0 Å². The van der Waals surface area contributed by atoms with Gasteiger partial charge in [0, 0.05) is 65.8 Å². The normalized spacial score (nSPS) is 12.6. The van der Waals surface area contributed by atoms with Gasteiger partial charge >= 0.3 is 0 Å². The van der Waals surface area contributed by atoms with Crippen LogP contribution < -0.4 is 20.7 Å². The van der Waals surface area contributed by atoms with Crippen molar-refractivity contribution in [3.8, 4) is 22.7 Å². The lowest BCUT2D eigenvalue weighted by Crippen LogP contribution is -2.74. The van der Waals surface area contributed by atoms with Gasteiger partial charge in [0.05, 0.1) is 44.1 Å². The van der Waals surface area contributed by atoms with Crippen molar-refractivity contribution < 1.29 is 0 Å². The van der Waals surface area contributed by atoms with Gasteiger partial charge in [-0.25, -0.2) is 0 Å². The average Bonchev–Trinajstić information content (AvgIpc) is 2.16. The van der Waals surface area contributed by atoms with Gasteiger partial charge in [-0.3, -0.25) is 0 Å². The standard InChI is InChI=1S/C80H64N4Si/c1-79(2,3)53-39-43-67-63-31-13-17-35-71(63)83(77(67)47-53)57-41-45-75-69(51-57)65-33-15-19-37-73(65)81(75)55-23-21-29-61(49-55)85(59-25-9-7-10-26-59,60-27-11-8-12-28-60)62-30-22-24-56(50-62)82-74-38-20-16-34-66(74)70-52-58(42-46-76(70)82)84-72-36-18-14-32-64(72)68-44-40-54(48-78(68)84)80(4,5)6/h7-52H,1-6H3. The molecule has 0 unspecified atom stereocenters. The van der Waals surface area contributed by atoms with Crippen molar-refractivity contribution in [2.24, 2.45) is 0 Å². The summed E-state index contributed by atoms with van der Waals surface area (Å²) in [5.41, 5.74) is 16.9. The Kier molecular flexibility index (Phi) is 11.4. The molecule has 85 heavy (non-hydrogen) atoms. The first kappa shape index (κ1) is 50.8. The van der Waals surface area contributed by atoms with Crippen LogP contribution in [0.2, 0.25) is 0 Å². The molecule has 0 aliphatic heterocycles. The zero-order chi connectivity index (χ0) is 57.3. The van der Waals surface area contributed by atoms with E-state index in [1.54, 1.807) is 0 Å². The Labute approximate surface area is 496 Å². The molecule has 0 atom stereocenters. The lowest BCUT2D eigenvalue weighted by molar-refractivity contribution is 0.590. The van der Waals surface area contributed by atoms with Crippen LogP contribution in [-0.2, 0) is 10.8 Å². The topological polar surface area (TPSA) is 19.7 Å². The summed E-state index contributed by atoms with van der Waals surface area (Å²) in [6.45, 7) is 13.8. The molecule has 16 rings (SSSR count). The molecule has 12 aromatic carbocycles. The van der Waals surface area contributed by atoms with Crippen LogP contribution in [-0.4, -0.2) is 26.3 Å². The first-order valence-electron chi connectivity index (χ1n) is 29.9. The van der Waals surface area contributed by atoms with E-state index in [2.05, 4.69) is 339 Å². The SMILES string of the molecule is CC(C)(C)c1ccc2c3ccccc3n(-c3ccc4c(c3)c3ccccc3n4-c3cccc([Si](c4ccccc4)(c4ccccc4)c4cccc(-n5c6ccccc6c6cc(-n7c8ccccc8c8ccc(C(C)(C)C)cc87)ccc65)c4)c3)c2c1. The second kappa shape index (κ2) is 19.0. The lowest BCUT2D eigenvalue weighted by atomic mass is 9.86. The van der Waals surface area contributed by atoms with Crippen LogP contribution in [0, 0.1) is 0 Å². The highest BCUT2D eigenvalue weighted by molar-refractivity contribution is 7.20. The number of hydrogen-bond acceptors (Lipinski definition) is 0. The third-order valence-corrected chi connectivity index (χ3v) is 23.1. The summed E-state index contributed by atoms with van der Waals surface area (Å²) in [5.74, 6) is 0. The van der Waals surface area contributed by atoms with Crippen molar-refractivity contribution in [1.82, 2.24) is 18.3 Å². The van der Waals surface area contributed by atoms with Crippen molar-refractivity contribution in [1.29, 1.82) is 0 Å². The maximum absolute atomic E-state index is 3.12. The molecule has 0 aliphatic carbocycles. The van der Waals surface area contributed by atoms with Gasteiger partial charge in [0.25, 0.3) is 0 Å². The minimum atomic E-state index is -3.12. The fourth-order valence-electron chi connectivity index (χ4n) is 14.3.